The molecule has 3 rings (SSSR count). The van der Waals surface area contributed by atoms with Gasteiger partial charge in [0.1, 0.15) is 5.75 Å². The van der Waals surface area contributed by atoms with Gasteiger partial charge in [0.25, 0.3) is 5.91 Å². The summed E-state index contributed by atoms with van der Waals surface area (Å²) in [5, 5.41) is 19.1. The molecule has 5 heteroatoms. The molecule has 0 unspecified atom stereocenters. The zero-order chi connectivity index (χ0) is 18.7. The zero-order valence-electron chi connectivity index (χ0n) is 14.8. The highest BCUT2D eigenvalue weighted by molar-refractivity contribution is 5.98. The monoisotopic (exact) mass is 353 g/mol. The van der Waals surface area contributed by atoms with E-state index >= 15 is 0 Å². The SMILES string of the molecule is CC(=O)c1cc(-c2ccc(C(=O)N3CCC[C@@H](CO)C3)cc2)ccc1O. The Bertz CT molecular complexity index is 813. The van der Waals surface area contributed by atoms with E-state index in [4.69, 9.17) is 0 Å². The molecule has 2 aromatic carbocycles. The van der Waals surface area contributed by atoms with E-state index in [2.05, 4.69) is 0 Å². The van der Waals surface area contributed by atoms with Crippen LogP contribution in [0.3, 0.4) is 0 Å². The Hall–Kier alpha value is -2.66. The third-order valence-corrected chi connectivity index (χ3v) is 4.91. The molecule has 0 aromatic heterocycles. The first kappa shape index (κ1) is 18.1. The fraction of sp³-hybridized carbons (Fsp3) is 0.333. The Morgan fingerprint density at radius 2 is 1.81 bits per heavy atom. The predicted molar refractivity (Wildman–Crippen MR) is 99.3 cm³/mol. The van der Waals surface area contributed by atoms with Crippen molar-refractivity contribution in [1.82, 2.24) is 4.90 Å². The van der Waals surface area contributed by atoms with Crippen molar-refractivity contribution >= 4 is 11.7 Å². The highest BCUT2D eigenvalue weighted by atomic mass is 16.3. The number of Topliss-reactive ketones (excluding diaryl/α,β-unsaturated/α-hetero) is 1. The molecule has 1 heterocycles. The van der Waals surface area contributed by atoms with Crippen LogP contribution in [0.15, 0.2) is 42.5 Å². The molecule has 0 spiro atoms. The number of carbonyl (C=O) groups is 2. The Morgan fingerprint density at radius 1 is 1.12 bits per heavy atom. The number of likely N-dealkylation sites (tertiary alicyclic amines) is 1. The number of benzene rings is 2. The number of piperidine rings is 1. The lowest BCUT2D eigenvalue weighted by molar-refractivity contribution is 0.0620. The summed E-state index contributed by atoms with van der Waals surface area (Å²) in [6.45, 7) is 2.84. The fourth-order valence-corrected chi connectivity index (χ4v) is 3.38. The Morgan fingerprint density at radius 3 is 2.46 bits per heavy atom. The first-order chi connectivity index (χ1) is 12.5. The van der Waals surface area contributed by atoms with Gasteiger partial charge in [-0.2, -0.15) is 0 Å². The third kappa shape index (κ3) is 3.78. The number of hydrogen-bond acceptors (Lipinski definition) is 4. The van der Waals surface area contributed by atoms with E-state index in [0.29, 0.717) is 12.1 Å². The van der Waals surface area contributed by atoms with Gasteiger partial charge in [0.2, 0.25) is 0 Å². The molecule has 2 N–H and O–H groups in total. The van der Waals surface area contributed by atoms with Gasteiger partial charge in [-0.05, 0) is 61.1 Å². The average Bonchev–Trinajstić information content (AvgIpc) is 2.67. The number of phenolic OH excluding ortho intramolecular Hbond substituents is 1. The summed E-state index contributed by atoms with van der Waals surface area (Å²) in [6.07, 6.45) is 1.87. The molecule has 0 aliphatic carbocycles. The summed E-state index contributed by atoms with van der Waals surface area (Å²) in [4.78, 5) is 26.1. The lowest BCUT2D eigenvalue weighted by atomic mass is 9.97. The van der Waals surface area contributed by atoms with Gasteiger partial charge in [0.15, 0.2) is 5.78 Å². The Labute approximate surface area is 152 Å². The quantitative estimate of drug-likeness (QED) is 0.828. The van der Waals surface area contributed by atoms with Crippen LogP contribution in [0.25, 0.3) is 11.1 Å². The smallest absolute Gasteiger partial charge is 0.253 e. The highest BCUT2D eigenvalue weighted by Gasteiger charge is 2.24. The van der Waals surface area contributed by atoms with Gasteiger partial charge in [-0.15, -0.1) is 0 Å². The molecule has 0 radical (unpaired) electrons. The van der Waals surface area contributed by atoms with Crippen molar-refractivity contribution in [3.63, 3.8) is 0 Å². The second-order valence-corrected chi connectivity index (χ2v) is 6.81. The van der Waals surface area contributed by atoms with Gasteiger partial charge in [0, 0.05) is 25.3 Å². The lowest BCUT2D eigenvalue weighted by Crippen LogP contribution is -2.40. The molecule has 136 valence electrons. The van der Waals surface area contributed by atoms with Gasteiger partial charge < -0.3 is 15.1 Å². The topological polar surface area (TPSA) is 77.8 Å². The summed E-state index contributed by atoms with van der Waals surface area (Å²) < 4.78 is 0. The summed E-state index contributed by atoms with van der Waals surface area (Å²) in [7, 11) is 0. The van der Waals surface area contributed by atoms with E-state index in [1.165, 1.54) is 13.0 Å². The molecule has 1 amide bonds. The van der Waals surface area contributed by atoms with Crippen LogP contribution >= 0.6 is 0 Å². The zero-order valence-corrected chi connectivity index (χ0v) is 14.8. The number of aromatic hydroxyl groups is 1. The number of aliphatic hydroxyl groups is 1. The largest absolute Gasteiger partial charge is 0.507 e. The molecular formula is C21H23NO4. The van der Waals surface area contributed by atoms with Crippen molar-refractivity contribution in [3.05, 3.63) is 53.6 Å². The molecule has 2 aromatic rings. The van der Waals surface area contributed by atoms with Gasteiger partial charge in [-0.25, -0.2) is 0 Å². The fourth-order valence-electron chi connectivity index (χ4n) is 3.38. The first-order valence-corrected chi connectivity index (χ1v) is 8.84. The number of rotatable bonds is 4. The van der Waals surface area contributed by atoms with Crippen LogP contribution < -0.4 is 0 Å². The minimum atomic E-state index is -0.195. The Balaban J connectivity index is 1.79. The van der Waals surface area contributed by atoms with Crippen LogP contribution in [0, 0.1) is 5.92 Å². The standard InChI is InChI=1S/C21H23NO4/c1-14(24)19-11-18(8-9-20(19)25)16-4-6-17(7-5-16)21(26)22-10-2-3-15(12-22)13-23/h4-9,11,15,23,25H,2-3,10,12-13H2,1H3/t15-/m1/s1. The van der Waals surface area contributed by atoms with E-state index < -0.39 is 0 Å². The summed E-state index contributed by atoms with van der Waals surface area (Å²) >= 11 is 0. The number of carbonyl (C=O) groups excluding carboxylic acids is 2. The molecule has 1 atom stereocenters. The average molecular weight is 353 g/mol. The van der Waals surface area contributed by atoms with Crippen molar-refractivity contribution in [2.24, 2.45) is 5.92 Å². The van der Waals surface area contributed by atoms with Gasteiger partial charge >= 0.3 is 0 Å². The van der Waals surface area contributed by atoms with Crippen molar-refractivity contribution in [2.45, 2.75) is 19.8 Å². The van der Waals surface area contributed by atoms with E-state index in [1.807, 2.05) is 12.1 Å². The van der Waals surface area contributed by atoms with E-state index in [9.17, 15) is 19.8 Å². The molecule has 5 nitrogen and oxygen atoms in total. The molecule has 1 aliphatic rings. The van der Waals surface area contributed by atoms with Crippen LogP contribution in [0.2, 0.25) is 0 Å². The number of amides is 1. The van der Waals surface area contributed by atoms with Crippen LogP contribution in [0.5, 0.6) is 5.75 Å². The normalized spacial score (nSPS) is 17.2. The third-order valence-electron chi connectivity index (χ3n) is 4.91. The summed E-state index contributed by atoms with van der Waals surface area (Å²) in [5.41, 5.74) is 2.57. The molecule has 1 fully saturated rings. The van der Waals surface area contributed by atoms with Gasteiger partial charge in [-0.1, -0.05) is 18.2 Å². The minimum Gasteiger partial charge on any atom is -0.507 e. The van der Waals surface area contributed by atoms with Crippen molar-refractivity contribution in [1.29, 1.82) is 0 Å². The van der Waals surface area contributed by atoms with Crippen molar-refractivity contribution in [3.8, 4) is 16.9 Å². The van der Waals surface area contributed by atoms with Crippen LogP contribution in [-0.4, -0.2) is 46.5 Å². The molecule has 0 bridgehead atoms. The lowest BCUT2D eigenvalue weighted by Gasteiger charge is -2.32. The minimum absolute atomic E-state index is 0.0233. The number of ketones is 1. The maximum absolute atomic E-state index is 12.7. The maximum atomic E-state index is 12.7. The molecule has 1 aliphatic heterocycles. The second-order valence-electron chi connectivity index (χ2n) is 6.81. The number of aliphatic hydroxyl groups excluding tert-OH is 1. The second kappa shape index (κ2) is 7.70. The van der Waals surface area contributed by atoms with Gasteiger partial charge in [-0.3, -0.25) is 9.59 Å². The van der Waals surface area contributed by atoms with Crippen LogP contribution in [0.1, 0.15) is 40.5 Å². The summed E-state index contributed by atoms with van der Waals surface area (Å²) in [6, 6.07) is 12.2. The highest BCUT2D eigenvalue weighted by Crippen LogP contribution is 2.27. The summed E-state index contributed by atoms with van der Waals surface area (Å²) in [5.74, 6) is -0.0879. The molecule has 26 heavy (non-hydrogen) atoms. The van der Waals surface area contributed by atoms with Crippen molar-refractivity contribution < 1.29 is 19.8 Å². The maximum Gasteiger partial charge on any atom is 0.253 e. The molecule has 1 saturated heterocycles. The first-order valence-electron chi connectivity index (χ1n) is 8.84. The van der Waals surface area contributed by atoms with E-state index in [0.717, 1.165) is 30.5 Å². The molecule has 0 saturated carbocycles. The van der Waals surface area contributed by atoms with Crippen LogP contribution in [-0.2, 0) is 0 Å². The van der Waals surface area contributed by atoms with Gasteiger partial charge in [0.05, 0.1) is 5.56 Å². The van der Waals surface area contributed by atoms with Crippen molar-refractivity contribution in [2.75, 3.05) is 19.7 Å². The Kier molecular flexibility index (Phi) is 5.38. The van der Waals surface area contributed by atoms with E-state index in [1.54, 1.807) is 29.2 Å². The number of nitrogens with zero attached hydrogens (tertiary/aromatic N) is 1. The molecular weight excluding hydrogens is 330 g/mol. The number of hydrogen-bond donors (Lipinski definition) is 2. The van der Waals surface area contributed by atoms with E-state index in [-0.39, 0.29) is 35.5 Å². The number of phenols is 1. The predicted octanol–water partition coefficient (Wildman–Crippen LogP) is 3.11. The van der Waals surface area contributed by atoms with Crippen LogP contribution in [0.4, 0.5) is 0 Å².